The largest absolute Gasteiger partial charge is 0.496 e. The summed E-state index contributed by atoms with van der Waals surface area (Å²) in [4.78, 5) is 1.23. The van der Waals surface area contributed by atoms with Crippen molar-refractivity contribution in [2.45, 2.75) is 12.2 Å². The van der Waals surface area contributed by atoms with Crippen LogP contribution in [0, 0.1) is 3.14 Å². The van der Waals surface area contributed by atoms with Gasteiger partial charge in [0.25, 0.3) is 0 Å². The molecule has 136 valence electrons. The highest BCUT2D eigenvalue weighted by Crippen LogP contribution is 2.43. The lowest BCUT2D eigenvalue weighted by Gasteiger charge is -2.18. The summed E-state index contributed by atoms with van der Waals surface area (Å²) in [6, 6.07) is 14.5. The second-order valence-corrected chi connectivity index (χ2v) is 8.76. The van der Waals surface area contributed by atoms with Crippen LogP contribution in [0.5, 0.6) is 11.5 Å². The maximum absolute atomic E-state index is 11.0. The molecule has 2 aromatic carbocycles. The zero-order chi connectivity index (χ0) is 18.7. The Morgan fingerprint density at radius 3 is 1.54 bits per heavy atom. The average molecular weight is 407 g/mol. The molecule has 0 spiro atoms. The highest BCUT2D eigenvalue weighted by molar-refractivity contribution is 7.76. The summed E-state index contributed by atoms with van der Waals surface area (Å²) in [5.41, 5.74) is 1.26. The van der Waals surface area contributed by atoms with E-state index in [2.05, 4.69) is 0 Å². The minimum atomic E-state index is -0.941. The standard InChI is InChI=1S/C19H18O4S3/c1-22-13-9-5-3-7-11(13)15(20)17-18(26-19(24)25-17)16(21)12-8-4-6-10-14(12)23-2/h3-10,15-16,20-21H,1-2H3. The second-order valence-electron chi connectivity index (χ2n) is 5.47. The molecule has 2 atom stereocenters. The van der Waals surface area contributed by atoms with Crippen LogP contribution in [0.1, 0.15) is 33.1 Å². The van der Waals surface area contributed by atoms with Gasteiger partial charge in [-0.15, -0.1) is 22.7 Å². The predicted octanol–water partition coefficient (Wildman–Crippen LogP) is 4.72. The summed E-state index contributed by atoms with van der Waals surface area (Å²) < 4.78 is 11.3. The minimum absolute atomic E-state index is 0.585. The highest BCUT2D eigenvalue weighted by Gasteiger charge is 2.27. The quantitative estimate of drug-likeness (QED) is 0.580. The van der Waals surface area contributed by atoms with Gasteiger partial charge in [0.05, 0.1) is 24.0 Å². The first-order chi connectivity index (χ1) is 12.6. The third kappa shape index (κ3) is 3.67. The fourth-order valence-electron chi connectivity index (χ4n) is 2.75. The van der Waals surface area contributed by atoms with Gasteiger partial charge in [-0.1, -0.05) is 48.6 Å². The van der Waals surface area contributed by atoms with Gasteiger partial charge in [-0.05, 0) is 12.1 Å². The molecule has 1 aromatic heterocycles. The van der Waals surface area contributed by atoms with Crippen LogP contribution in [-0.4, -0.2) is 24.4 Å². The maximum atomic E-state index is 11.0. The number of benzene rings is 2. The summed E-state index contributed by atoms with van der Waals surface area (Å²) in [7, 11) is 3.12. The summed E-state index contributed by atoms with van der Waals surface area (Å²) >= 11 is 7.93. The first-order valence-electron chi connectivity index (χ1n) is 7.82. The van der Waals surface area contributed by atoms with Crippen LogP contribution in [0.4, 0.5) is 0 Å². The van der Waals surface area contributed by atoms with E-state index in [1.165, 1.54) is 22.7 Å². The van der Waals surface area contributed by atoms with E-state index in [1.54, 1.807) is 38.5 Å². The smallest absolute Gasteiger partial charge is 0.144 e. The second kappa shape index (κ2) is 8.28. The molecule has 0 fully saturated rings. The van der Waals surface area contributed by atoms with Gasteiger partial charge in [-0.25, -0.2) is 0 Å². The zero-order valence-electron chi connectivity index (χ0n) is 14.2. The maximum Gasteiger partial charge on any atom is 0.144 e. The lowest BCUT2D eigenvalue weighted by atomic mass is 10.0. The van der Waals surface area contributed by atoms with E-state index in [0.717, 1.165) is 0 Å². The first-order valence-corrected chi connectivity index (χ1v) is 9.86. The van der Waals surface area contributed by atoms with Crippen LogP contribution in [-0.2, 0) is 0 Å². The van der Waals surface area contributed by atoms with Gasteiger partial charge < -0.3 is 19.7 Å². The van der Waals surface area contributed by atoms with E-state index < -0.39 is 12.2 Å². The summed E-state index contributed by atoms with van der Waals surface area (Å²) in [5, 5.41) is 21.9. The van der Waals surface area contributed by atoms with E-state index in [9.17, 15) is 10.2 Å². The van der Waals surface area contributed by atoms with Crippen LogP contribution in [0.15, 0.2) is 48.5 Å². The van der Waals surface area contributed by atoms with Crippen molar-refractivity contribution >= 4 is 34.9 Å². The Morgan fingerprint density at radius 1 is 0.769 bits per heavy atom. The number of rotatable bonds is 6. The van der Waals surface area contributed by atoms with E-state index in [-0.39, 0.29) is 0 Å². The summed E-state index contributed by atoms with van der Waals surface area (Å²) in [5.74, 6) is 1.17. The number of aliphatic hydroxyl groups excluding tert-OH is 2. The Morgan fingerprint density at radius 2 is 1.15 bits per heavy atom. The van der Waals surface area contributed by atoms with Crippen molar-refractivity contribution in [1.82, 2.24) is 0 Å². The highest BCUT2D eigenvalue weighted by atomic mass is 32.2. The summed E-state index contributed by atoms with van der Waals surface area (Å²) in [6.45, 7) is 0. The van der Waals surface area contributed by atoms with Crippen LogP contribution in [0.25, 0.3) is 0 Å². The van der Waals surface area contributed by atoms with Gasteiger partial charge in [0.2, 0.25) is 0 Å². The van der Waals surface area contributed by atoms with Crippen molar-refractivity contribution in [1.29, 1.82) is 0 Å². The molecule has 4 nitrogen and oxygen atoms in total. The molecule has 0 aliphatic heterocycles. The van der Waals surface area contributed by atoms with Crippen molar-refractivity contribution in [3.05, 3.63) is 72.5 Å². The molecule has 0 amide bonds. The van der Waals surface area contributed by atoms with Crippen LogP contribution < -0.4 is 9.47 Å². The Balaban J connectivity index is 2.07. The molecule has 26 heavy (non-hydrogen) atoms. The Bertz CT molecular complexity index is 874. The van der Waals surface area contributed by atoms with Gasteiger partial charge in [0.1, 0.15) is 26.8 Å². The molecular weight excluding hydrogens is 388 g/mol. The number of para-hydroxylation sites is 2. The van der Waals surface area contributed by atoms with E-state index in [1.807, 2.05) is 24.3 Å². The van der Waals surface area contributed by atoms with Crippen LogP contribution in [0.2, 0.25) is 0 Å². The third-order valence-corrected chi connectivity index (χ3v) is 6.78. The van der Waals surface area contributed by atoms with E-state index in [4.69, 9.17) is 21.7 Å². The molecule has 2 unspecified atom stereocenters. The predicted molar refractivity (Wildman–Crippen MR) is 107 cm³/mol. The topological polar surface area (TPSA) is 58.9 Å². The van der Waals surface area contributed by atoms with Gasteiger partial charge >= 0.3 is 0 Å². The van der Waals surface area contributed by atoms with Gasteiger partial charge in [-0.3, -0.25) is 0 Å². The molecule has 0 aliphatic carbocycles. The SMILES string of the molecule is COc1ccccc1C(O)c1sc(=S)sc1C(O)c1ccccc1OC. The Kier molecular flexibility index (Phi) is 6.05. The molecule has 0 saturated carbocycles. The van der Waals surface area contributed by atoms with Crippen LogP contribution >= 0.6 is 34.9 Å². The van der Waals surface area contributed by atoms with Crippen LogP contribution in [0.3, 0.4) is 0 Å². The fourth-order valence-corrected chi connectivity index (χ4v) is 5.50. The van der Waals surface area contributed by atoms with Gasteiger partial charge in [0.15, 0.2) is 0 Å². The molecule has 0 bridgehead atoms. The molecule has 0 aliphatic rings. The number of ether oxygens (including phenoxy) is 2. The first kappa shape index (κ1) is 19.0. The van der Waals surface area contributed by atoms with E-state index >= 15 is 0 Å². The molecule has 7 heteroatoms. The molecule has 3 rings (SSSR count). The lowest BCUT2D eigenvalue weighted by Crippen LogP contribution is -2.07. The molecule has 0 saturated heterocycles. The number of hydrogen-bond donors (Lipinski definition) is 2. The number of aliphatic hydroxyl groups is 2. The summed E-state index contributed by atoms with van der Waals surface area (Å²) in [6.07, 6.45) is -1.88. The van der Waals surface area contributed by atoms with Gasteiger partial charge in [0, 0.05) is 11.1 Å². The normalized spacial score (nSPS) is 13.2. The molecule has 2 N–H and O–H groups in total. The minimum Gasteiger partial charge on any atom is -0.496 e. The van der Waals surface area contributed by atoms with Crippen molar-refractivity contribution < 1.29 is 19.7 Å². The van der Waals surface area contributed by atoms with Gasteiger partial charge in [-0.2, -0.15) is 0 Å². The van der Waals surface area contributed by atoms with E-state index in [0.29, 0.717) is 35.5 Å². The molecule has 0 radical (unpaired) electrons. The zero-order valence-corrected chi connectivity index (χ0v) is 16.7. The van der Waals surface area contributed by atoms with Crippen molar-refractivity contribution in [3.63, 3.8) is 0 Å². The van der Waals surface area contributed by atoms with Crippen molar-refractivity contribution in [3.8, 4) is 11.5 Å². The monoisotopic (exact) mass is 406 g/mol. The lowest BCUT2D eigenvalue weighted by molar-refractivity contribution is 0.198. The number of hydrogen-bond acceptors (Lipinski definition) is 7. The van der Waals surface area contributed by atoms with Crippen molar-refractivity contribution in [2.24, 2.45) is 0 Å². The molecule has 3 aromatic rings. The third-order valence-electron chi connectivity index (χ3n) is 3.99. The average Bonchev–Trinajstić information content (AvgIpc) is 3.08. The molecular formula is C19H18O4S3. The number of methoxy groups -OCH3 is 2. The Labute approximate surface area is 164 Å². The fraction of sp³-hybridized carbons (Fsp3) is 0.211. The van der Waals surface area contributed by atoms with Crippen molar-refractivity contribution in [2.75, 3.05) is 14.2 Å². The Hall–Kier alpha value is -1.77. The molecule has 1 heterocycles.